The van der Waals surface area contributed by atoms with Gasteiger partial charge in [-0.2, -0.15) is 0 Å². The number of nitrogens with one attached hydrogen (secondary N) is 1. The van der Waals surface area contributed by atoms with Crippen molar-refractivity contribution in [1.29, 1.82) is 0 Å². The van der Waals surface area contributed by atoms with Crippen molar-refractivity contribution in [1.82, 2.24) is 0 Å². The fraction of sp³-hybridized carbons (Fsp3) is 0.353. The van der Waals surface area contributed by atoms with E-state index in [-0.39, 0.29) is 5.91 Å². The number of rotatable bonds is 5. The van der Waals surface area contributed by atoms with E-state index in [2.05, 4.69) is 16.3 Å². The largest absolute Gasteiger partial charge is 0.371 e. The van der Waals surface area contributed by atoms with Crippen molar-refractivity contribution in [2.75, 3.05) is 23.3 Å². The summed E-state index contributed by atoms with van der Waals surface area (Å²) in [6, 6.07) is 9.93. The lowest BCUT2D eigenvalue weighted by Crippen LogP contribution is -2.18. The van der Waals surface area contributed by atoms with E-state index >= 15 is 0 Å². The van der Waals surface area contributed by atoms with E-state index in [1.165, 1.54) is 17.7 Å². The van der Waals surface area contributed by atoms with Crippen LogP contribution in [-0.2, 0) is 11.2 Å². The Balaban J connectivity index is 1.63. The van der Waals surface area contributed by atoms with E-state index in [1.54, 1.807) is 11.3 Å². The third-order valence-electron chi connectivity index (χ3n) is 3.87. The molecular formula is C17H19ClN2OS. The van der Waals surface area contributed by atoms with Gasteiger partial charge in [0.05, 0.1) is 10.7 Å². The van der Waals surface area contributed by atoms with Crippen LogP contribution in [0.25, 0.3) is 0 Å². The summed E-state index contributed by atoms with van der Waals surface area (Å²) in [6.07, 6.45) is 3.70. The average Bonchev–Trinajstić information content (AvgIpc) is 3.21. The molecule has 1 amide bonds. The van der Waals surface area contributed by atoms with Crippen molar-refractivity contribution in [2.24, 2.45) is 0 Å². The molecule has 0 unspecified atom stereocenters. The zero-order valence-electron chi connectivity index (χ0n) is 12.3. The number of carbonyl (C=O) groups excluding carboxylic acids is 1. The van der Waals surface area contributed by atoms with Crippen LogP contribution < -0.4 is 10.2 Å². The molecule has 1 aliphatic rings. The molecule has 1 N–H and O–H groups in total. The summed E-state index contributed by atoms with van der Waals surface area (Å²) in [7, 11) is 0. The fourth-order valence-corrected chi connectivity index (χ4v) is 3.56. The maximum Gasteiger partial charge on any atom is 0.224 e. The lowest BCUT2D eigenvalue weighted by Gasteiger charge is -2.19. The number of anilines is 2. The lowest BCUT2D eigenvalue weighted by atomic mass is 10.2. The van der Waals surface area contributed by atoms with Crippen LogP contribution >= 0.6 is 22.9 Å². The predicted octanol–water partition coefficient (Wildman–Crippen LogP) is 4.57. The molecule has 0 aliphatic carbocycles. The normalized spacial score (nSPS) is 14.3. The van der Waals surface area contributed by atoms with E-state index in [1.807, 2.05) is 29.6 Å². The molecule has 3 rings (SSSR count). The van der Waals surface area contributed by atoms with Gasteiger partial charge in [0.25, 0.3) is 0 Å². The van der Waals surface area contributed by atoms with Gasteiger partial charge in [0.15, 0.2) is 0 Å². The van der Waals surface area contributed by atoms with E-state index in [0.29, 0.717) is 17.1 Å². The molecule has 1 saturated heterocycles. The van der Waals surface area contributed by atoms with Crippen LogP contribution in [0.4, 0.5) is 11.4 Å². The first-order chi connectivity index (χ1) is 10.7. The molecule has 0 radical (unpaired) electrons. The van der Waals surface area contributed by atoms with E-state index in [9.17, 15) is 4.79 Å². The third-order valence-corrected chi connectivity index (χ3v) is 5.14. The van der Waals surface area contributed by atoms with Crippen molar-refractivity contribution < 1.29 is 4.79 Å². The molecule has 1 aliphatic heterocycles. The van der Waals surface area contributed by atoms with Crippen LogP contribution in [-0.4, -0.2) is 19.0 Å². The minimum absolute atomic E-state index is 0.00821. The fourth-order valence-electron chi connectivity index (χ4n) is 2.69. The number of thiophene rings is 1. The number of hydrogen-bond acceptors (Lipinski definition) is 3. The Morgan fingerprint density at radius 1 is 1.27 bits per heavy atom. The molecule has 3 nitrogen and oxygen atoms in total. The summed E-state index contributed by atoms with van der Waals surface area (Å²) in [6.45, 7) is 2.15. The summed E-state index contributed by atoms with van der Waals surface area (Å²) in [5.41, 5.74) is 1.85. The first-order valence-electron chi connectivity index (χ1n) is 7.59. The number of carbonyl (C=O) groups is 1. The molecule has 1 aromatic heterocycles. The Kier molecular flexibility index (Phi) is 5.01. The molecule has 0 spiro atoms. The molecule has 116 valence electrons. The smallest absolute Gasteiger partial charge is 0.224 e. The molecule has 0 saturated carbocycles. The van der Waals surface area contributed by atoms with Gasteiger partial charge in [0.2, 0.25) is 5.91 Å². The predicted molar refractivity (Wildman–Crippen MR) is 94.2 cm³/mol. The van der Waals surface area contributed by atoms with Crippen LogP contribution in [0.15, 0.2) is 35.7 Å². The average molecular weight is 335 g/mol. The highest BCUT2D eigenvalue weighted by atomic mass is 35.5. The topological polar surface area (TPSA) is 32.3 Å². The Labute approximate surface area is 139 Å². The second-order valence-electron chi connectivity index (χ2n) is 5.49. The van der Waals surface area contributed by atoms with Crippen molar-refractivity contribution in [2.45, 2.75) is 25.7 Å². The number of amides is 1. The van der Waals surface area contributed by atoms with Crippen LogP contribution in [0.1, 0.15) is 24.1 Å². The maximum atomic E-state index is 12.1. The SMILES string of the molecule is O=C(CCc1cccs1)Nc1cc(N2CCCC2)ccc1Cl. The highest BCUT2D eigenvalue weighted by Crippen LogP contribution is 2.29. The summed E-state index contributed by atoms with van der Waals surface area (Å²) in [5.74, 6) is 0.00821. The third kappa shape index (κ3) is 3.81. The quantitative estimate of drug-likeness (QED) is 0.868. The van der Waals surface area contributed by atoms with Crippen LogP contribution in [0, 0.1) is 0 Å². The molecular weight excluding hydrogens is 316 g/mol. The van der Waals surface area contributed by atoms with E-state index in [4.69, 9.17) is 11.6 Å². The summed E-state index contributed by atoms with van der Waals surface area (Å²) < 4.78 is 0. The molecule has 2 heterocycles. The van der Waals surface area contributed by atoms with Gasteiger partial charge in [-0.3, -0.25) is 4.79 Å². The molecule has 22 heavy (non-hydrogen) atoms. The first kappa shape index (κ1) is 15.4. The molecule has 1 fully saturated rings. The molecule has 1 aromatic carbocycles. The molecule has 5 heteroatoms. The number of hydrogen-bond donors (Lipinski definition) is 1. The number of benzene rings is 1. The second-order valence-corrected chi connectivity index (χ2v) is 6.93. The zero-order chi connectivity index (χ0) is 15.4. The second kappa shape index (κ2) is 7.16. The van der Waals surface area contributed by atoms with Crippen LogP contribution in [0.5, 0.6) is 0 Å². The van der Waals surface area contributed by atoms with Gasteiger partial charge in [-0.15, -0.1) is 11.3 Å². The van der Waals surface area contributed by atoms with Gasteiger partial charge in [-0.05, 0) is 48.9 Å². The van der Waals surface area contributed by atoms with Gasteiger partial charge in [0, 0.05) is 30.1 Å². The summed E-state index contributed by atoms with van der Waals surface area (Å²) in [4.78, 5) is 15.7. The molecule has 0 atom stereocenters. The number of aryl methyl sites for hydroxylation is 1. The standard InChI is InChI=1S/C17H19ClN2OS/c18-15-7-5-13(20-9-1-2-10-20)12-16(15)19-17(21)8-6-14-4-3-11-22-14/h3-5,7,11-12H,1-2,6,8-10H2,(H,19,21). The Hall–Kier alpha value is -1.52. The highest BCUT2D eigenvalue weighted by molar-refractivity contribution is 7.09. The summed E-state index contributed by atoms with van der Waals surface area (Å²) >= 11 is 7.90. The maximum absolute atomic E-state index is 12.1. The van der Waals surface area contributed by atoms with E-state index in [0.717, 1.165) is 25.2 Å². The first-order valence-corrected chi connectivity index (χ1v) is 8.85. The minimum atomic E-state index is 0.00821. The Morgan fingerprint density at radius 2 is 2.09 bits per heavy atom. The molecule has 0 bridgehead atoms. The monoisotopic (exact) mass is 334 g/mol. The van der Waals surface area contributed by atoms with Crippen molar-refractivity contribution >= 4 is 40.2 Å². The van der Waals surface area contributed by atoms with Gasteiger partial charge >= 0.3 is 0 Å². The van der Waals surface area contributed by atoms with Crippen molar-refractivity contribution in [3.05, 3.63) is 45.6 Å². The van der Waals surface area contributed by atoms with Gasteiger partial charge in [-0.1, -0.05) is 17.7 Å². The van der Waals surface area contributed by atoms with Crippen LogP contribution in [0.3, 0.4) is 0 Å². The van der Waals surface area contributed by atoms with Crippen molar-refractivity contribution in [3.63, 3.8) is 0 Å². The molecule has 2 aromatic rings. The number of halogens is 1. The van der Waals surface area contributed by atoms with Gasteiger partial charge < -0.3 is 10.2 Å². The number of nitrogens with zero attached hydrogens (tertiary/aromatic N) is 1. The van der Waals surface area contributed by atoms with Gasteiger partial charge in [0.1, 0.15) is 0 Å². The highest BCUT2D eigenvalue weighted by Gasteiger charge is 2.14. The lowest BCUT2D eigenvalue weighted by molar-refractivity contribution is -0.116. The van der Waals surface area contributed by atoms with Crippen molar-refractivity contribution in [3.8, 4) is 0 Å². The minimum Gasteiger partial charge on any atom is -0.371 e. The Morgan fingerprint density at radius 3 is 2.82 bits per heavy atom. The Bertz CT molecular complexity index is 636. The zero-order valence-corrected chi connectivity index (χ0v) is 13.9. The van der Waals surface area contributed by atoms with Gasteiger partial charge in [-0.25, -0.2) is 0 Å². The van der Waals surface area contributed by atoms with E-state index < -0.39 is 0 Å². The summed E-state index contributed by atoms with van der Waals surface area (Å²) in [5, 5.41) is 5.57. The van der Waals surface area contributed by atoms with Crippen LogP contribution in [0.2, 0.25) is 5.02 Å².